The van der Waals surface area contributed by atoms with E-state index in [4.69, 9.17) is 0 Å². The Labute approximate surface area is 112 Å². The maximum atomic E-state index is 4.61. The van der Waals surface area contributed by atoms with E-state index in [9.17, 15) is 0 Å². The fourth-order valence-corrected chi connectivity index (χ4v) is 3.22. The number of hydrogen-bond acceptors (Lipinski definition) is 4. The van der Waals surface area contributed by atoms with Gasteiger partial charge >= 0.3 is 0 Å². The Morgan fingerprint density at radius 2 is 2.17 bits per heavy atom. The standard InChI is InChI=1S/C14H19N3S/c1-8(2)6-10-7-18-14-12(10)13(15-9(3)16-14)17-11-4-5-11/h7-8,11H,4-6H2,1-3H3,(H,15,16,17). The molecule has 18 heavy (non-hydrogen) atoms. The molecule has 1 fully saturated rings. The van der Waals surface area contributed by atoms with Gasteiger partial charge in [0, 0.05) is 6.04 Å². The minimum Gasteiger partial charge on any atom is -0.367 e. The molecule has 4 heteroatoms. The Morgan fingerprint density at radius 1 is 1.39 bits per heavy atom. The highest BCUT2D eigenvalue weighted by Crippen LogP contribution is 2.34. The van der Waals surface area contributed by atoms with E-state index in [0.29, 0.717) is 12.0 Å². The van der Waals surface area contributed by atoms with Crippen molar-refractivity contribution >= 4 is 27.4 Å². The first-order valence-corrected chi connectivity index (χ1v) is 7.52. The zero-order valence-electron chi connectivity index (χ0n) is 11.2. The number of hydrogen-bond donors (Lipinski definition) is 1. The number of rotatable bonds is 4. The van der Waals surface area contributed by atoms with Crippen LogP contribution in [0.3, 0.4) is 0 Å². The third kappa shape index (κ3) is 2.34. The smallest absolute Gasteiger partial charge is 0.139 e. The van der Waals surface area contributed by atoms with Gasteiger partial charge in [-0.05, 0) is 43.0 Å². The van der Waals surface area contributed by atoms with Crippen LogP contribution in [0, 0.1) is 12.8 Å². The summed E-state index contributed by atoms with van der Waals surface area (Å²) in [4.78, 5) is 10.3. The van der Waals surface area contributed by atoms with Crippen LogP contribution in [0.2, 0.25) is 0 Å². The summed E-state index contributed by atoms with van der Waals surface area (Å²) in [7, 11) is 0. The van der Waals surface area contributed by atoms with Crippen molar-refractivity contribution in [3.05, 3.63) is 16.8 Å². The highest BCUT2D eigenvalue weighted by atomic mass is 32.1. The van der Waals surface area contributed by atoms with Gasteiger partial charge in [-0.1, -0.05) is 13.8 Å². The molecule has 0 bridgehead atoms. The molecule has 96 valence electrons. The Morgan fingerprint density at radius 3 is 2.83 bits per heavy atom. The van der Waals surface area contributed by atoms with Crippen LogP contribution in [0.4, 0.5) is 5.82 Å². The van der Waals surface area contributed by atoms with E-state index in [1.807, 2.05) is 6.92 Å². The number of aromatic nitrogens is 2. The molecule has 0 aliphatic heterocycles. The third-order valence-corrected chi connectivity index (χ3v) is 4.09. The molecule has 1 N–H and O–H groups in total. The summed E-state index contributed by atoms with van der Waals surface area (Å²) >= 11 is 1.74. The van der Waals surface area contributed by atoms with Gasteiger partial charge in [-0.3, -0.25) is 0 Å². The molecule has 1 aliphatic rings. The predicted octanol–water partition coefficient (Wildman–Crippen LogP) is 3.77. The number of aryl methyl sites for hydroxylation is 1. The first-order valence-electron chi connectivity index (χ1n) is 6.64. The van der Waals surface area contributed by atoms with Crippen LogP contribution >= 0.6 is 11.3 Å². The molecule has 0 unspecified atom stereocenters. The van der Waals surface area contributed by atoms with Crippen LogP contribution in [-0.2, 0) is 6.42 Å². The van der Waals surface area contributed by atoms with Crippen molar-refractivity contribution in [2.75, 3.05) is 5.32 Å². The van der Waals surface area contributed by atoms with Crippen LogP contribution in [0.25, 0.3) is 10.2 Å². The van der Waals surface area contributed by atoms with Crippen molar-refractivity contribution in [1.29, 1.82) is 0 Å². The van der Waals surface area contributed by atoms with Gasteiger partial charge in [-0.2, -0.15) is 0 Å². The molecule has 0 spiro atoms. The number of thiophene rings is 1. The Kier molecular flexibility index (Phi) is 2.98. The topological polar surface area (TPSA) is 37.8 Å². The van der Waals surface area contributed by atoms with Gasteiger partial charge in [0.05, 0.1) is 5.39 Å². The van der Waals surface area contributed by atoms with E-state index in [2.05, 4.69) is 34.5 Å². The van der Waals surface area contributed by atoms with Crippen LogP contribution in [-0.4, -0.2) is 16.0 Å². The summed E-state index contributed by atoms with van der Waals surface area (Å²) in [5, 5.41) is 7.06. The van der Waals surface area contributed by atoms with Crippen molar-refractivity contribution in [3.63, 3.8) is 0 Å². The minimum absolute atomic E-state index is 0.634. The molecule has 0 atom stereocenters. The summed E-state index contributed by atoms with van der Waals surface area (Å²) in [6, 6.07) is 0.634. The maximum Gasteiger partial charge on any atom is 0.139 e. The summed E-state index contributed by atoms with van der Waals surface area (Å²) in [6.45, 7) is 6.48. The van der Waals surface area contributed by atoms with E-state index in [1.165, 1.54) is 23.8 Å². The van der Waals surface area contributed by atoms with Crippen molar-refractivity contribution in [2.45, 2.75) is 46.1 Å². The highest BCUT2D eigenvalue weighted by molar-refractivity contribution is 7.17. The Balaban J connectivity index is 2.07. The van der Waals surface area contributed by atoms with Gasteiger partial charge in [0.1, 0.15) is 16.5 Å². The second kappa shape index (κ2) is 4.50. The van der Waals surface area contributed by atoms with Gasteiger partial charge in [0.25, 0.3) is 0 Å². The van der Waals surface area contributed by atoms with Crippen molar-refractivity contribution in [3.8, 4) is 0 Å². The van der Waals surface area contributed by atoms with Crippen LogP contribution < -0.4 is 5.32 Å². The highest BCUT2D eigenvalue weighted by Gasteiger charge is 2.23. The lowest BCUT2D eigenvalue weighted by Gasteiger charge is -2.09. The minimum atomic E-state index is 0.634. The van der Waals surface area contributed by atoms with E-state index < -0.39 is 0 Å². The molecule has 2 aromatic heterocycles. The van der Waals surface area contributed by atoms with E-state index in [-0.39, 0.29) is 0 Å². The second-order valence-electron chi connectivity index (χ2n) is 5.58. The van der Waals surface area contributed by atoms with Gasteiger partial charge < -0.3 is 5.32 Å². The number of nitrogens with zero attached hydrogens (tertiary/aromatic N) is 2. The SMILES string of the molecule is Cc1nc(NC2CC2)c2c(CC(C)C)csc2n1. The summed E-state index contributed by atoms with van der Waals surface area (Å²) in [5.41, 5.74) is 1.40. The predicted molar refractivity (Wildman–Crippen MR) is 77.3 cm³/mol. The van der Waals surface area contributed by atoms with Crippen molar-refractivity contribution < 1.29 is 0 Å². The quantitative estimate of drug-likeness (QED) is 0.910. The lowest BCUT2D eigenvalue weighted by atomic mass is 10.0. The fraction of sp³-hybridized carbons (Fsp3) is 0.571. The molecule has 3 nitrogen and oxygen atoms in total. The third-order valence-electron chi connectivity index (χ3n) is 3.17. The maximum absolute atomic E-state index is 4.61. The normalized spacial score (nSPS) is 15.6. The van der Waals surface area contributed by atoms with Crippen molar-refractivity contribution in [1.82, 2.24) is 9.97 Å². The molecule has 3 rings (SSSR count). The van der Waals surface area contributed by atoms with E-state index in [1.54, 1.807) is 11.3 Å². The van der Waals surface area contributed by atoms with Crippen molar-refractivity contribution in [2.24, 2.45) is 5.92 Å². The summed E-state index contributed by atoms with van der Waals surface area (Å²) < 4.78 is 0. The van der Waals surface area contributed by atoms with Crippen LogP contribution in [0.1, 0.15) is 38.1 Å². The average molecular weight is 261 g/mol. The molecule has 1 saturated carbocycles. The van der Waals surface area contributed by atoms with Gasteiger partial charge in [-0.25, -0.2) is 9.97 Å². The molecular weight excluding hydrogens is 242 g/mol. The molecule has 2 heterocycles. The number of nitrogens with one attached hydrogen (secondary N) is 1. The summed E-state index contributed by atoms with van der Waals surface area (Å²) in [6.07, 6.45) is 3.65. The number of anilines is 1. The number of fused-ring (bicyclic) bond motifs is 1. The zero-order valence-corrected chi connectivity index (χ0v) is 12.0. The summed E-state index contributed by atoms with van der Waals surface area (Å²) in [5.74, 6) is 2.58. The van der Waals surface area contributed by atoms with Gasteiger partial charge in [0.15, 0.2) is 0 Å². The first-order chi connectivity index (χ1) is 8.63. The zero-order chi connectivity index (χ0) is 12.7. The first kappa shape index (κ1) is 11.9. The van der Waals surface area contributed by atoms with Crippen LogP contribution in [0.15, 0.2) is 5.38 Å². The average Bonchev–Trinajstić information content (AvgIpc) is 3.00. The molecule has 0 amide bonds. The lowest BCUT2D eigenvalue weighted by molar-refractivity contribution is 0.651. The monoisotopic (exact) mass is 261 g/mol. The molecule has 2 aromatic rings. The van der Waals surface area contributed by atoms with E-state index in [0.717, 1.165) is 22.9 Å². The Hall–Kier alpha value is -1.16. The fourth-order valence-electron chi connectivity index (χ4n) is 2.22. The van der Waals surface area contributed by atoms with E-state index >= 15 is 0 Å². The van der Waals surface area contributed by atoms with Crippen LogP contribution in [0.5, 0.6) is 0 Å². The lowest BCUT2D eigenvalue weighted by Crippen LogP contribution is -2.06. The molecule has 1 aliphatic carbocycles. The van der Waals surface area contributed by atoms with Gasteiger partial charge in [-0.15, -0.1) is 11.3 Å². The Bertz CT molecular complexity index is 570. The molecule has 0 aromatic carbocycles. The largest absolute Gasteiger partial charge is 0.367 e. The van der Waals surface area contributed by atoms with Gasteiger partial charge in [0.2, 0.25) is 0 Å². The molecule has 0 saturated heterocycles. The second-order valence-corrected chi connectivity index (χ2v) is 6.44. The molecular formula is C14H19N3S. The molecule has 0 radical (unpaired) electrons.